The number of carbonyl (C=O) groups is 2. The fraction of sp³-hybridized carbons (Fsp3) is 0.421. The third kappa shape index (κ3) is 3.40. The van der Waals surface area contributed by atoms with E-state index in [4.69, 9.17) is 4.42 Å². The highest BCUT2D eigenvalue weighted by molar-refractivity contribution is 6.46. The molecule has 1 atom stereocenters. The summed E-state index contributed by atoms with van der Waals surface area (Å²) in [6.07, 6.45) is 2.19. The fourth-order valence-corrected chi connectivity index (χ4v) is 3.45. The highest BCUT2D eigenvalue weighted by Gasteiger charge is 2.47. The number of hydrogen-bond donors (Lipinski definition) is 2. The van der Waals surface area contributed by atoms with Crippen LogP contribution in [0.2, 0.25) is 0 Å². The van der Waals surface area contributed by atoms with Gasteiger partial charge in [-0.1, -0.05) is 0 Å². The zero-order chi connectivity index (χ0) is 19.7. The number of furan rings is 1. The molecule has 8 heteroatoms. The first-order valence-electron chi connectivity index (χ1n) is 8.81. The number of H-pyrrole nitrogens is 1. The molecule has 27 heavy (non-hydrogen) atoms. The predicted molar refractivity (Wildman–Crippen MR) is 99.0 cm³/mol. The number of rotatable bonds is 6. The summed E-state index contributed by atoms with van der Waals surface area (Å²) in [5, 5.41) is 17.8. The Labute approximate surface area is 157 Å². The van der Waals surface area contributed by atoms with Crippen molar-refractivity contribution in [3.63, 3.8) is 0 Å². The molecule has 8 nitrogen and oxygen atoms in total. The lowest BCUT2D eigenvalue weighted by molar-refractivity contribution is -0.140. The summed E-state index contributed by atoms with van der Waals surface area (Å²) in [4.78, 5) is 29.0. The minimum Gasteiger partial charge on any atom is -0.507 e. The normalized spacial score (nSPS) is 19.4. The van der Waals surface area contributed by atoms with Crippen molar-refractivity contribution in [1.29, 1.82) is 0 Å². The Kier molecular flexibility index (Phi) is 5.18. The third-order valence-corrected chi connectivity index (χ3v) is 4.72. The lowest BCUT2D eigenvalue weighted by atomic mass is 9.98. The van der Waals surface area contributed by atoms with Gasteiger partial charge in [-0.3, -0.25) is 14.7 Å². The smallest absolute Gasteiger partial charge is 0.295 e. The van der Waals surface area contributed by atoms with Gasteiger partial charge >= 0.3 is 0 Å². The van der Waals surface area contributed by atoms with Crippen LogP contribution in [-0.4, -0.2) is 64.0 Å². The number of amides is 1. The zero-order valence-corrected chi connectivity index (χ0v) is 15.9. The lowest BCUT2D eigenvalue weighted by Crippen LogP contribution is -2.32. The molecular formula is C19H24N4O4. The maximum Gasteiger partial charge on any atom is 0.295 e. The minimum absolute atomic E-state index is 0.0346. The molecule has 2 aromatic heterocycles. The van der Waals surface area contributed by atoms with Gasteiger partial charge in [0.25, 0.3) is 11.7 Å². The minimum atomic E-state index is -0.754. The van der Waals surface area contributed by atoms with Gasteiger partial charge in [-0.2, -0.15) is 5.10 Å². The maximum absolute atomic E-state index is 12.8. The topological polar surface area (TPSA) is 103 Å². The highest BCUT2D eigenvalue weighted by Crippen LogP contribution is 2.40. The molecule has 0 aromatic carbocycles. The van der Waals surface area contributed by atoms with Gasteiger partial charge in [-0.25, -0.2) is 0 Å². The van der Waals surface area contributed by atoms with Crippen LogP contribution in [0.1, 0.15) is 35.2 Å². The van der Waals surface area contributed by atoms with E-state index in [1.54, 1.807) is 26.0 Å². The molecule has 3 rings (SSSR count). The fourth-order valence-electron chi connectivity index (χ4n) is 3.45. The Morgan fingerprint density at radius 1 is 1.37 bits per heavy atom. The zero-order valence-electron chi connectivity index (χ0n) is 15.9. The maximum atomic E-state index is 12.8. The van der Waals surface area contributed by atoms with Crippen molar-refractivity contribution in [2.45, 2.75) is 26.3 Å². The predicted octanol–water partition coefficient (Wildman–Crippen LogP) is 1.99. The van der Waals surface area contributed by atoms with Crippen LogP contribution in [0.25, 0.3) is 5.76 Å². The summed E-state index contributed by atoms with van der Waals surface area (Å²) in [5.74, 6) is -1.12. The van der Waals surface area contributed by atoms with E-state index in [9.17, 15) is 14.7 Å². The largest absolute Gasteiger partial charge is 0.507 e. The summed E-state index contributed by atoms with van der Waals surface area (Å²) in [5.41, 5.74) is 1.66. The van der Waals surface area contributed by atoms with Crippen LogP contribution in [0.4, 0.5) is 0 Å². The average molecular weight is 372 g/mol. The summed E-state index contributed by atoms with van der Waals surface area (Å²) < 4.78 is 5.50. The molecule has 0 unspecified atom stereocenters. The first kappa shape index (κ1) is 18.9. The number of nitrogens with one attached hydrogen (secondary N) is 1. The summed E-state index contributed by atoms with van der Waals surface area (Å²) in [6, 6.07) is 2.65. The average Bonchev–Trinajstić information content (AvgIpc) is 3.30. The van der Waals surface area contributed by atoms with E-state index < -0.39 is 17.7 Å². The van der Waals surface area contributed by atoms with Gasteiger partial charge in [0.2, 0.25) is 0 Å². The number of ketones is 1. The van der Waals surface area contributed by atoms with Crippen molar-refractivity contribution in [2.24, 2.45) is 0 Å². The molecule has 0 aliphatic carbocycles. The Bertz CT molecular complexity index is 860. The van der Waals surface area contributed by atoms with Gasteiger partial charge < -0.3 is 19.3 Å². The number of Topliss-reactive ketones (excluding diaryl/α,β-unsaturated/α-hetero) is 1. The molecule has 1 aliphatic rings. The molecule has 3 heterocycles. The Morgan fingerprint density at radius 2 is 2.11 bits per heavy atom. The molecule has 0 spiro atoms. The second kappa shape index (κ2) is 7.40. The molecular weight excluding hydrogens is 348 g/mol. The van der Waals surface area contributed by atoms with E-state index in [2.05, 4.69) is 10.2 Å². The van der Waals surface area contributed by atoms with E-state index >= 15 is 0 Å². The van der Waals surface area contributed by atoms with Gasteiger partial charge in [0.05, 0.1) is 23.1 Å². The number of carbonyl (C=O) groups excluding carboxylic acids is 2. The van der Waals surface area contributed by atoms with Crippen LogP contribution in [0, 0.1) is 13.8 Å². The van der Waals surface area contributed by atoms with Gasteiger partial charge in [0, 0.05) is 12.2 Å². The van der Waals surface area contributed by atoms with Crippen LogP contribution in [-0.2, 0) is 9.59 Å². The van der Waals surface area contributed by atoms with Crippen molar-refractivity contribution in [3.05, 3.63) is 46.7 Å². The quantitative estimate of drug-likeness (QED) is 0.457. The standard InChI is InChI=1S/C19H24N4O4/c1-11-14(12(2)21-20-11)17(24)15-16(13-7-5-10-27-13)23(19(26)18(15)25)9-6-8-22(3)4/h5,7,10,16,24H,6,8-9H2,1-4H3,(H,20,21)/t16-/m0/s1. The molecule has 1 amide bonds. The Hall–Kier alpha value is -2.87. The summed E-state index contributed by atoms with van der Waals surface area (Å²) in [6.45, 7) is 4.64. The molecule has 1 saturated heterocycles. The van der Waals surface area contributed by atoms with Crippen LogP contribution < -0.4 is 0 Å². The number of aliphatic hydroxyl groups is 1. The van der Waals surface area contributed by atoms with Crippen molar-refractivity contribution in [2.75, 3.05) is 27.2 Å². The lowest BCUT2D eigenvalue weighted by Gasteiger charge is -2.24. The van der Waals surface area contributed by atoms with E-state index in [0.717, 1.165) is 6.54 Å². The molecule has 144 valence electrons. The van der Waals surface area contributed by atoms with Crippen molar-refractivity contribution in [3.8, 4) is 0 Å². The Morgan fingerprint density at radius 3 is 2.67 bits per heavy atom. The number of aliphatic hydroxyl groups excluding tert-OH is 1. The third-order valence-electron chi connectivity index (χ3n) is 4.72. The number of aryl methyl sites for hydroxylation is 2. The molecule has 2 aromatic rings. The second-order valence-electron chi connectivity index (χ2n) is 6.97. The van der Waals surface area contributed by atoms with Gasteiger partial charge in [-0.15, -0.1) is 0 Å². The number of nitrogens with zero attached hydrogens (tertiary/aromatic N) is 3. The van der Waals surface area contributed by atoms with E-state index in [-0.39, 0.29) is 11.3 Å². The monoisotopic (exact) mass is 372 g/mol. The van der Waals surface area contributed by atoms with Crippen LogP contribution >= 0.6 is 0 Å². The van der Waals surface area contributed by atoms with Gasteiger partial charge in [0.15, 0.2) is 0 Å². The van der Waals surface area contributed by atoms with E-state index in [1.165, 1.54) is 11.2 Å². The van der Waals surface area contributed by atoms with E-state index in [0.29, 0.717) is 35.7 Å². The van der Waals surface area contributed by atoms with Crippen LogP contribution in [0.5, 0.6) is 0 Å². The van der Waals surface area contributed by atoms with Gasteiger partial charge in [0.1, 0.15) is 17.6 Å². The van der Waals surface area contributed by atoms with Crippen molar-refractivity contribution < 1.29 is 19.1 Å². The number of likely N-dealkylation sites (tertiary alicyclic amines) is 1. The van der Waals surface area contributed by atoms with Crippen LogP contribution in [0.3, 0.4) is 0 Å². The summed E-state index contributed by atoms with van der Waals surface area (Å²) >= 11 is 0. The van der Waals surface area contributed by atoms with Crippen molar-refractivity contribution >= 4 is 17.4 Å². The summed E-state index contributed by atoms with van der Waals surface area (Å²) in [7, 11) is 3.89. The van der Waals surface area contributed by atoms with Gasteiger partial charge in [-0.05, 0) is 53.0 Å². The molecule has 0 saturated carbocycles. The van der Waals surface area contributed by atoms with Crippen molar-refractivity contribution in [1.82, 2.24) is 20.0 Å². The Balaban J connectivity index is 2.08. The number of hydrogen-bond acceptors (Lipinski definition) is 6. The number of aromatic nitrogens is 2. The molecule has 0 radical (unpaired) electrons. The molecule has 1 aliphatic heterocycles. The number of aromatic amines is 1. The second-order valence-corrected chi connectivity index (χ2v) is 6.97. The first-order chi connectivity index (χ1) is 12.8. The highest BCUT2D eigenvalue weighted by atomic mass is 16.3. The molecule has 0 bridgehead atoms. The first-order valence-corrected chi connectivity index (χ1v) is 8.81. The SMILES string of the molecule is Cc1n[nH]c(C)c1C(O)=C1C(=O)C(=O)N(CCCN(C)C)[C@H]1c1ccco1. The van der Waals surface area contributed by atoms with E-state index in [1.807, 2.05) is 19.0 Å². The molecule has 1 fully saturated rings. The van der Waals surface area contributed by atoms with Crippen LogP contribution in [0.15, 0.2) is 28.4 Å². The molecule has 2 N–H and O–H groups in total.